The highest BCUT2D eigenvalue weighted by molar-refractivity contribution is 5.95. The van der Waals surface area contributed by atoms with E-state index in [2.05, 4.69) is 10.6 Å². The molecular weight excluding hydrogens is 300 g/mol. The number of benzene rings is 1. The number of phenolic OH excluding ortho intramolecular Hbond substituents is 1. The number of amides is 2. The zero-order valence-electron chi connectivity index (χ0n) is 13.3. The zero-order valence-corrected chi connectivity index (χ0v) is 13.3. The average Bonchev–Trinajstić information content (AvgIpc) is 2.49. The van der Waals surface area contributed by atoms with Gasteiger partial charge in [-0.15, -0.1) is 0 Å². The Labute approximate surface area is 134 Å². The third-order valence-corrected chi connectivity index (χ3v) is 3.38. The lowest BCUT2D eigenvalue weighted by atomic mass is 9.95. The highest BCUT2D eigenvalue weighted by Crippen LogP contribution is 2.33. The highest BCUT2D eigenvalue weighted by atomic mass is 16.5. The summed E-state index contributed by atoms with van der Waals surface area (Å²) in [5.41, 5.74) is 1.37. The van der Waals surface area contributed by atoms with E-state index in [1.807, 2.05) is 0 Å². The van der Waals surface area contributed by atoms with Gasteiger partial charge in [0.2, 0.25) is 0 Å². The first-order chi connectivity index (χ1) is 11.0. The van der Waals surface area contributed by atoms with Crippen LogP contribution in [-0.4, -0.2) is 30.3 Å². The van der Waals surface area contributed by atoms with Crippen molar-refractivity contribution in [3.63, 3.8) is 0 Å². The third-order valence-electron chi connectivity index (χ3n) is 3.38. The highest BCUT2D eigenvalue weighted by Gasteiger charge is 2.32. The van der Waals surface area contributed by atoms with E-state index in [4.69, 9.17) is 9.47 Å². The van der Waals surface area contributed by atoms with Crippen LogP contribution in [0.5, 0.6) is 11.5 Å². The van der Waals surface area contributed by atoms with Crippen molar-refractivity contribution in [2.75, 3.05) is 13.2 Å². The minimum absolute atomic E-state index is 0.00533. The lowest BCUT2D eigenvalue weighted by Crippen LogP contribution is -2.45. The van der Waals surface area contributed by atoms with Crippen LogP contribution in [0.15, 0.2) is 29.5 Å². The predicted molar refractivity (Wildman–Crippen MR) is 83.0 cm³/mol. The largest absolute Gasteiger partial charge is 0.504 e. The molecule has 1 heterocycles. The molecule has 3 N–H and O–H groups in total. The Kier molecular flexibility index (Phi) is 5.10. The fraction of sp³-hybridized carbons (Fsp3) is 0.375. The second-order valence-electron chi connectivity index (χ2n) is 4.95. The summed E-state index contributed by atoms with van der Waals surface area (Å²) in [5, 5.41) is 15.1. The number of urea groups is 1. The van der Waals surface area contributed by atoms with Gasteiger partial charge in [-0.2, -0.15) is 0 Å². The molecule has 1 aromatic rings. The van der Waals surface area contributed by atoms with E-state index in [9.17, 15) is 14.7 Å². The van der Waals surface area contributed by atoms with Gasteiger partial charge in [-0.25, -0.2) is 9.59 Å². The number of rotatable bonds is 5. The average molecular weight is 320 g/mol. The van der Waals surface area contributed by atoms with Crippen LogP contribution in [0.1, 0.15) is 32.4 Å². The minimum atomic E-state index is -0.678. The normalized spacial score (nSPS) is 17.3. The molecular formula is C16H20N2O5. The Hall–Kier alpha value is -2.70. The number of carbonyl (C=O) groups excluding carboxylic acids is 2. The minimum Gasteiger partial charge on any atom is -0.504 e. The second-order valence-corrected chi connectivity index (χ2v) is 4.95. The van der Waals surface area contributed by atoms with Crippen LogP contribution >= 0.6 is 0 Å². The molecule has 1 aliphatic heterocycles. The van der Waals surface area contributed by atoms with Crippen molar-refractivity contribution in [1.82, 2.24) is 10.6 Å². The maximum Gasteiger partial charge on any atom is 0.338 e. The molecule has 0 saturated heterocycles. The molecule has 0 spiro atoms. The molecule has 2 rings (SSSR count). The zero-order chi connectivity index (χ0) is 17.0. The van der Waals surface area contributed by atoms with Crippen LogP contribution < -0.4 is 15.4 Å². The molecule has 1 aliphatic rings. The summed E-state index contributed by atoms with van der Waals surface area (Å²) in [7, 11) is 0. The Balaban J connectivity index is 2.45. The summed E-state index contributed by atoms with van der Waals surface area (Å²) in [6.45, 7) is 5.77. The van der Waals surface area contributed by atoms with Crippen molar-refractivity contribution in [3.8, 4) is 11.5 Å². The van der Waals surface area contributed by atoms with Crippen LogP contribution in [-0.2, 0) is 9.53 Å². The Bertz CT molecular complexity index is 654. The Morgan fingerprint density at radius 3 is 2.70 bits per heavy atom. The van der Waals surface area contributed by atoms with Gasteiger partial charge < -0.3 is 25.2 Å². The number of hydrogen-bond acceptors (Lipinski definition) is 5. The molecule has 7 nitrogen and oxygen atoms in total. The van der Waals surface area contributed by atoms with Crippen molar-refractivity contribution < 1.29 is 24.2 Å². The summed E-state index contributed by atoms with van der Waals surface area (Å²) in [5.74, 6) is -0.221. The standard InChI is InChI=1S/C16H20N2O5/c1-4-22-12-8-10(6-7-11(12)19)14-13(15(20)23-5-2)9(3)17-16(21)18-14/h6-8,14,19H,4-5H2,1-3H3,(H2,17,18,21). The number of ether oxygens (including phenoxy) is 2. The van der Waals surface area contributed by atoms with Crippen LogP contribution in [0.3, 0.4) is 0 Å². The molecule has 1 aromatic carbocycles. The lowest BCUT2D eigenvalue weighted by Gasteiger charge is -2.28. The molecule has 1 atom stereocenters. The molecule has 1 unspecified atom stereocenters. The number of carbonyl (C=O) groups is 2. The van der Waals surface area contributed by atoms with Crippen molar-refractivity contribution >= 4 is 12.0 Å². The molecule has 0 saturated carbocycles. The molecule has 23 heavy (non-hydrogen) atoms. The first-order valence-corrected chi connectivity index (χ1v) is 7.39. The van der Waals surface area contributed by atoms with Gasteiger partial charge in [-0.05, 0) is 38.5 Å². The van der Waals surface area contributed by atoms with Crippen LogP contribution in [0.4, 0.5) is 4.79 Å². The van der Waals surface area contributed by atoms with Crippen LogP contribution in [0.2, 0.25) is 0 Å². The van der Waals surface area contributed by atoms with Crippen molar-refractivity contribution in [1.29, 1.82) is 0 Å². The van der Waals surface area contributed by atoms with E-state index in [0.717, 1.165) is 0 Å². The second kappa shape index (κ2) is 7.04. The molecule has 0 aliphatic carbocycles. The third kappa shape index (κ3) is 3.56. The van der Waals surface area contributed by atoms with Gasteiger partial charge in [0.1, 0.15) is 0 Å². The van der Waals surface area contributed by atoms with E-state index in [1.54, 1.807) is 32.9 Å². The number of nitrogens with one attached hydrogen (secondary N) is 2. The van der Waals surface area contributed by atoms with E-state index in [1.165, 1.54) is 6.07 Å². The Morgan fingerprint density at radius 1 is 1.30 bits per heavy atom. The van der Waals surface area contributed by atoms with E-state index in [-0.39, 0.29) is 12.4 Å². The van der Waals surface area contributed by atoms with E-state index < -0.39 is 18.0 Å². The van der Waals surface area contributed by atoms with Gasteiger partial charge in [0.05, 0.1) is 24.8 Å². The van der Waals surface area contributed by atoms with Gasteiger partial charge in [-0.3, -0.25) is 0 Å². The quantitative estimate of drug-likeness (QED) is 0.721. The molecule has 124 valence electrons. The topological polar surface area (TPSA) is 96.9 Å². The lowest BCUT2D eigenvalue weighted by molar-refractivity contribution is -0.139. The number of phenols is 1. The van der Waals surface area contributed by atoms with Crippen molar-refractivity contribution in [2.45, 2.75) is 26.8 Å². The molecule has 7 heteroatoms. The number of aromatic hydroxyl groups is 1. The number of esters is 1. The van der Waals surface area contributed by atoms with Crippen LogP contribution in [0, 0.1) is 0 Å². The van der Waals surface area contributed by atoms with Crippen molar-refractivity contribution in [2.24, 2.45) is 0 Å². The summed E-state index contributed by atoms with van der Waals surface area (Å²) >= 11 is 0. The summed E-state index contributed by atoms with van der Waals surface area (Å²) in [6.07, 6.45) is 0. The predicted octanol–water partition coefficient (Wildman–Crippen LogP) is 1.98. The van der Waals surface area contributed by atoms with Crippen LogP contribution in [0.25, 0.3) is 0 Å². The number of hydrogen-bond donors (Lipinski definition) is 3. The first kappa shape index (κ1) is 16.7. The SMILES string of the molecule is CCOC(=O)C1=C(C)NC(=O)NC1c1ccc(O)c(OCC)c1. The molecule has 0 bridgehead atoms. The maximum absolute atomic E-state index is 12.2. The Morgan fingerprint density at radius 2 is 2.04 bits per heavy atom. The van der Waals surface area contributed by atoms with Gasteiger partial charge >= 0.3 is 12.0 Å². The van der Waals surface area contributed by atoms with E-state index >= 15 is 0 Å². The molecule has 0 aromatic heterocycles. The molecule has 2 amide bonds. The van der Waals surface area contributed by atoms with Gasteiger partial charge in [0.15, 0.2) is 11.5 Å². The summed E-state index contributed by atoms with van der Waals surface area (Å²) in [4.78, 5) is 24.0. The van der Waals surface area contributed by atoms with Gasteiger partial charge in [0, 0.05) is 5.70 Å². The summed E-state index contributed by atoms with van der Waals surface area (Å²) in [6, 6.07) is 3.60. The maximum atomic E-state index is 12.2. The fourth-order valence-corrected chi connectivity index (χ4v) is 2.40. The fourth-order valence-electron chi connectivity index (χ4n) is 2.40. The molecule has 0 radical (unpaired) electrons. The first-order valence-electron chi connectivity index (χ1n) is 7.39. The van der Waals surface area contributed by atoms with E-state index in [0.29, 0.717) is 29.2 Å². The van der Waals surface area contributed by atoms with Crippen molar-refractivity contribution in [3.05, 3.63) is 35.0 Å². The van der Waals surface area contributed by atoms with Gasteiger partial charge in [-0.1, -0.05) is 6.07 Å². The molecule has 0 fully saturated rings. The van der Waals surface area contributed by atoms with Gasteiger partial charge in [0.25, 0.3) is 0 Å². The summed E-state index contributed by atoms with van der Waals surface area (Å²) < 4.78 is 10.4. The monoisotopic (exact) mass is 320 g/mol. The number of allylic oxidation sites excluding steroid dienone is 1. The smallest absolute Gasteiger partial charge is 0.338 e.